The van der Waals surface area contributed by atoms with Crippen LogP contribution in [-0.2, 0) is 10.2 Å². The highest BCUT2D eigenvalue weighted by Crippen LogP contribution is 2.65. The second kappa shape index (κ2) is 2.76. The number of allylic oxidation sites excluding steroid dienone is 2. The molecule has 3 atom stereocenters. The first-order valence-electron chi connectivity index (χ1n) is 5.61. The molecule has 0 aromatic heterocycles. The van der Waals surface area contributed by atoms with E-state index in [0.717, 1.165) is 0 Å². The summed E-state index contributed by atoms with van der Waals surface area (Å²) in [6.07, 6.45) is 2.15. The van der Waals surface area contributed by atoms with Crippen molar-refractivity contribution >= 4 is 11.5 Å². The smallest absolute Gasteiger partial charge is 0.308 e. The molecule has 2 aliphatic rings. The second-order valence-corrected chi connectivity index (χ2v) is 4.91. The van der Waals surface area contributed by atoms with E-state index in [9.17, 15) is 9.90 Å². The largest absolute Gasteiger partial charge is 0.481 e. The van der Waals surface area contributed by atoms with Gasteiger partial charge in [0.2, 0.25) is 0 Å². The van der Waals surface area contributed by atoms with Crippen LogP contribution < -0.4 is 0 Å². The molecule has 1 fully saturated rings. The summed E-state index contributed by atoms with van der Waals surface area (Å²) in [6.45, 7) is 4.10. The molecule has 0 radical (unpaired) electrons. The van der Waals surface area contributed by atoms with Crippen molar-refractivity contribution in [2.24, 2.45) is 11.8 Å². The Labute approximate surface area is 94.6 Å². The van der Waals surface area contributed by atoms with Crippen molar-refractivity contribution in [2.45, 2.75) is 19.3 Å². The number of benzene rings is 1. The molecule has 82 valence electrons. The number of carbonyl (C=O) groups is 1. The van der Waals surface area contributed by atoms with E-state index in [1.807, 2.05) is 19.1 Å². The molecule has 0 bridgehead atoms. The van der Waals surface area contributed by atoms with Crippen molar-refractivity contribution in [2.75, 3.05) is 0 Å². The number of carboxylic acids is 1. The van der Waals surface area contributed by atoms with Crippen molar-refractivity contribution in [3.63, 3.8) is 0 Å². The van der Waals surface area contributed by atoms with Gasteiger partial charge < -0.3 is 5.11 Å². The van der Waals surface area contributed by atoms with Gasteiger partial charge in [0.25, 0.3) is 0 Å². The van der Waals surface area contributed by atoms with E-state index in [4.69, 9.17) is 0 Å². The first-order chi connectivity index (χ1) is 7.59. The molecule has 1 saturated carbocycles. The summed E-state index contributed by atoms with van der Waals surface area (Å²) in [5.41, 5.74) is 3.42. The SMILES string of the molecule is CC1=CC2(c3ccccc31)C(C)C2C(=O)O. The summed E-state index contributed by atoms with van der Waals surface area (Å²) in [4.78, 5) is 11.2. The third-order valence-corrected chi connectivity index (χ3v) is 4.20. The summed E-state index contributed by atoms with van der Waals surface area (Å²) in [7, 11) is 0. The molecule has 16 heavy (non-hydrogen) atoms. The molecule has 0 aliphatic heterocycles. The minimum atomic E-state index is -0.673. The zero-order valence-corrected chi connectivity index (χ0v) is 9.40. The zero-order valence-electron chi connectivity index (χ0n) is 9.40. The van der Waals surface area contributed by atoms with Crippen LogP contribution in [0, 0.1) is 11.8 Å². The summed E-state index contributed by atoms with van der Waals surface area (Å²) in [6, 6.07) is 8.16. The maximum atomic E-state index is 11.2. The lowest BCUT2D eigenvalue weighted by Crippen LogP contribution is -2.10. The minimum Gasteiger partial charge on any atom is -0.481 e. The maximum Gasteiger partial charge on any atom is 0.308 e. The molecule has 0 amide bonds. The number of rotatable bonds is 1. The third-order valence-electron chi connectivity index (χ3n) is 4.20. The van der Waals surface area contributed by atoms with Crippen molar-refractivity contribution in [3.05, 3.63) is 41.5 Å². The van der Waals surface area contributed by atoms with Crippen LogP contribution >= 0.6 is 0 Å². The summed E-state index contributed by atoms with van der Waals surface area (Å²) in [5, 5.41) is 9.23. The van der Waals surface area contributed by atoms with E-state index in [2.05, 4.69) is 25.1 Å². The van der Waals surface area contributed by atoms with Gasteiger partial charge in [0.05, 0.1) is 5.92 Å². The highest BCUT2D eigenvalue weighted by molar-refractivity contribution is 5.86. The van der Waals surface area contributed by atoms with Crippen LogP contribution in [0.5, 0.6) is 0 Å². The van der Waals surface area contributed by atoms with Crippen LogP contribution in [-0.4, -0.2) is 11.1 Å². The fourth-order valence-corrected chi connectivity index (χ4v) is 3.36. The Bertz CT molecular complexity index is 515. The molecule has 3 unspecified atom stereocenters. The van der Waals surface area contributed by atoms with Gasteiger partial charge >= 0.3 is 5.97 Å². The quantitative estimate of drug-likeness (QED) is 0.780. The van der Waals surface area contributed by atoms with Gasteiger partial charge in [-0.2, -0.15) is 0 Å². The Hall–Kier alpha value is -1.57. The van der Waals surface area contributed by atoms with Crippen LogP contribution in [0.2, 0.25) is 0 Å². The zero-order chi connectivity index (χ0) is 11.5. The van der Waals surface area contributed by atoms with Gasteiger partial charge in [-0.3, -0.25) is 4.79 Å². The molecule has 0 heterocycles. The third kappa shape index (κ3) is 0.902. The van der Waals surface area contributed by atoms with Crippen molar-refractivity contribution in [1.29, 1.82) is 0 Å². The Kier molecular flexibility index (Phi) is 1.66. The van der Waals surface area contributed by atoms with Crippen LogP contribution in [0.25, 0.3) is 5.57 Å². The number of hydrogen-bond acceptors (Lipinski definition) is 1. The lowest BCUT2D eigenvalue weighted by molar-refractivity contribution is -0.139. The lowest BCUT2D eigenvalue weighted by atomic mass is 9.94. The molecule has 1 N–H and O–H groups in total. The van der Waals surface area contributed by atoms with Crippen LogP contribution in [0.4, 0.5) is 0 Å². The van der Waals surface area contributed by atoms with E-state index < -0.39 is 5.97 Å². The van der Waals surface area contributed by atoms with Gasteiger partial charge in [-0.15, -0.1) is 0 Å². The molecule has 3 rings (SSSR count). The van der Waals surface area contributed by atoms with E-state index in [1.165, 1.54) is 16.7 Å². The predicted octanol–water partition coefficient (Wildman–Crippen LogP) is 2.69. The summed E-state index contributed by atoms with van der Waals surface area (Å²) >= 11 is 0. The Morgan fingerprint density at radius 3 is 2.69 bits per heavy atom. The van der Waals surface area contributed by atoms with Crippen molar-refractivity contribution in [1.82, 2.24) is 0 Å². The number of aliphatic carboxylic acids is 1. The van der Waals surface area contributed by atoms with E-state index in [-0.39, 0.29) is 17.3 Å². The van der Waals surface area contributed by atoms with Crippen LogP contribution in [0.1, 0.15) is 25.0 Å². The van der Waals surface area contributed by atoms with Crippen molar-refractivity contribution in [3.8, 4) is 0 Å². The average Bonchev–Trinajstić information content (AvgIpc) is 2.72. The van der Waals surface area contributed by atoms with Crippen LogP contribution in [0.15, 0.2) is 30.3 Å². The van der Waals surface area contributed by atoms with Crippen molar-refractivity contribution < 1.29 is 9.90 Å². The highest BCUT2D eigenvalue weighted by atomic mass is 16.4. The second-order valence-electron chi connectivity index (χ2n) is 4.91. The topological polar surface area (TPSA) is 37.3 Å². The number of hydrogen-bond donors (Lipinski definition) is 1. The predicted molar refractivity (Wildman–Crippen MR) is 62.1 cm³/mol. The molecule has 1 aromatic carbocycles. The average molecular weight is 214 g/mol. The van der Waals surface area contributed by atoms with Gasteiger partial charge in [0.1, 0.15) is 0 Å². The number of carboxylic acid groups (broad SMARTS) is 1. The molecule has 2 aliphatic carbocycles. The summed E-state index contributed by atoms with van der Waals surface area (Å²) < 4.78 is 0. The molecule has 1 aromatic rings. The molecule has 2 nitrogen and oxygen atoms in total. The first-order valence-corrected chi connectivity index (χ1v) is 5.61. The fraction of sp³-hybridized carbons (Fsp3) is 0.357. The highest BCUT2D eigenvalue weighted by Gasteiger charge is 2.67. The minimum absolute atomic E-state index is 0.212. The van der Waals surface area contributed by atoms with Gasteiger partial charge in [0, 0.05) is 5.41 Å². The lowest BCUT2D eigenvalue weighted by Gasteiger charge is -2.09. The molecular weight excluding hydrogens is 200 g/mol. The van der Waals surface area contributed by atoms with Gasteiger partial charge in [-0.05, 0) is 29.5 Å². The molecule has 1 spiro atoms. The summed E-state index contributed by atoms with van der Waals surface area (Å²) in [5.74, 6) is -0.706. The normalized spacial score (nSPS) is 34.8. The fourth-order valence-electron chi connectivity index (χ4n) is 3.36. The van der Waals surface area contributed by atoms with E-state index >= 15 is 0 Å². The Morgan fingerprint density at radius 2 is 2.06 bits per heavy atom. The molecule has 0 saturated heterocycles. The Morgan fingerprint density at radius 1 is 1.38 bits per heavy atom. The monoisotopic (exact) mass is 214 g/mol. The van der Waals surface area contributed by atoms with Gasteiger partial charge in [-0.25, -0.2) is 0 Å². The van der Waals surface area contributed by atoms with Gasteiger partial charge in [0.15, 0.2) is 0 Å². The molecule has 2 heteroatoms. The Balaban J connectivity index is 2.18. The van der Waals surface area contributed by atoms with Gasteiger partial charge in [-0.1, -0.05) is 37.3 Å². The first kappa shape index (κ1) is 9.64. The maximum absolute atomic E-state index is 11.2. The van der Waals surface area contributed by atoms with E-state index in [0.29, 0.717) is 0 Å². The van der Waals surface area contributed by atoms with Crippen LogP contribution in [0.3, 0.4) is 0 Å². The standard InChI is InChI=1S/C14H14O2/c1-8-7-14(9(2)12(14)13(15)16)11-6-4-3-5-10(8)11/h3-7,9,12H,1-2H3,(H,15,16). The van der Waals surface area contributed by atoms with E-state index in [1.54, 1.807) is 0 Å². The number of fused-ring (bicyclic) bond motifs is 2. The molecular formula is C14H14O2.